The zero-order valence-electron chi connectivity index (χ0n) is 16.9. The van der Waals surface area contributed by atoms with E-state index in [-0.39, 0.29) is 20.9 Å². The maximum absolute atomic E-state index is 12.8. The van der Waals surface area contributed by atoms with Gasteiger partial charge in [-0.3, -0.25) is 9.59 Å². The molecule has 2 heterocycles. The fraction of sp³-hybridized carbons (Fsp3) is 0.667. The van der Waals surface area contributed by atoms with Gasteiger partial charge in [-0.25, -0.2) is 16.8 Å². The standard InChI is InChI=1S/C18H27NO7S3/c1-5-7-16(21)26-12(4)15(20)10-28(22,23)17-9-13-14(19-6-2)8-11(3)29(24,25)18(13)27-17/h9,11-12,14,19H,5-8,10H2,1-4H3/t11-,12-,14-/m0/s1. The largest absolute Gasteiger partial charge is 0.455 e. The van der Waals surface area contributed by atoms with Crippen molar-refractivity contribution in [2.75, 3.05) is 12.3 Å². The molecule has 1 aliphatic heterocycles. The molecule has 2 rings (SSSR count). The second-order valence-corrected chi connectivity index (χ2v) is 12.9. The molecule has 0 aromatic carbocycles. The van der Waals surface area contributed by atoms with E-state index in [4.69, 9.17) is 4.74 Å². The molecule has 1 N–H and O–H groups in total. The lowest BCUT2D eigenvalue weighted by Gasteiger charge is -2.27. The zero-order valence-corrected chi connectivity index (χ0v) is 19.4. The molecule has 0 amide bonds. The average Bonchev–Trinajstić information content (AvgIpc) is 3.07. The summed E-state index contributed by atoms with van der Waals surface area (Å²) in [6, 6.07) is 1.09. The van der Waals surface area contributed by atoms with E-state index < -0.39 is 48.5 Å². The Morgan fingerprint density at radius 2 is 2.00 bits per heavy atom. The average molecular weight is 466 g/mol. The molecule has 164 valence electrons. The summed E-state index contributed by atoms with van der Waals surface area (Å²) in [4.78, 5) is 23.8. The number of esters is 1. The van der Waals surface area contributed by atoms with Crippen molar-refractivity contribution in [1.82, 2.24) is 5.32 Å². The first-order chi connectivity index (χ1) is 13.4. The van der Waals surface area contributed by atoms with E-state index in [0.29, 0.717) is 36.3 Å². The van der Waals surface area contributed by atoms with E-state index in [1.165, 1.54) is 13.0 Å². The lowest BCUT2D eigenvalue weighted by Crippen LogP contribution is -2.33. The lowest BCUT2D eigenvalue weighted by molar-refractivity contribution is -0.153. The fourth-order valence-electron chi connectivity index (χ4n) is 3.09. The molecule has 0 spiro atoms. The first-order valence-corrected chi connectivity index (χ1v) is 13.5. The topological polar surface area (TPSA) is 124 Å². The Balaban J connectivity index is 2.29. The molecule has 3 atom stereocenters. The van der Waals surface area contributed by atoms with Gasteiger partial charge in [-0.15, -0.1) is 11.3 Å². The Hall–Kier alpha value is -1.30. The summed E-state index contributed by atoms with van der Waals surface area (Å²) in [5.74, 6) is -2.17. The van der Waals surface area contributed by atoms with Crippen LogP contribution in [0.5, 0.6) is 0 Å². The van der Waals surface area contributed by atoms with Gasteiger partial charge in [0.05, 0.1) is 5.25 Å². The van der Waals surface area contributed by atoms with Crippen molar-refractivity contribution in [3.8, 4) is 0 Å². The van der Waals surface area contributed by atoms with Crippen LogP contribution >= 0.6 is 11.3 Å². The van der Waals surface area contributed by atoms with Gasteiger partial charge in [0, 0.05) is 12.5 Å². The first-order valence-electron chi connectivity index (χ1n) is 9.50. The summed E-state index contributed by atoms with van der Waals surface area (Å²) in [5, 5.41) is 2.56. The van der Waals surface area contributed by atoms with Crippen LogP contribution in [0.4, 0.5) is 0 Å². The van der Waals surface area contributed by atoms with Crippen LogP contribution in [-0.4, -0.2) is 52.2 Å². The van der Waals surface area contributed by atoms with Crippen LogP contribution < -0.4 is 5.32 Å². The molecule has 1 aromatic heterocycles. The molecule has 0 saturated heterocycles. The highest BCUT2D eigenvalue weighted by Gasteiger charge is 2.40. The molecule has 0 fully saturated rings. The van der Waals surface area contributed by atoms with Crippen molar-refractivity contribution in [2.24, 2.45) is 0 Å². The van der Waals surface area contributed by atoms with Crippen molar-refractivity contribution in [1.29, 1.82) is 0 Å². The smallest absolute Gasteiger partial charge is 0.306 e. The summed E-state index contributed by atoms with van der Waals surface area (Å²) in [7, 11) is -7.69. The minimum Gasteiger partial charge on any atom is -0.455 e. The molecule has 0 saturated carbocycles. The summed E-state index contributed by atoms with van der Waals surface area (Å²) in [6.07, 6.45) is -0.137. The van der Waals surface area contributed by atoms with Crippen LogP contribution in [0.25, 0.3) is 0 Å². The van der Waals surface area contributed by atoms with Crippen LogP contribution in [-0.2, 0) is 34.0 Å². The molecule has 11 heteroatoms. The molecule has 1 aliphatic rings. The molecule has 0 bridgehead atoms. The van der Waals surface area contributed by atoms with E-state index in [1.54, 1.807) is 13.8 Å². The number of rotatable bonds is 9. The maximum atomic E-state index is 12.8. The van der Waals surface area contributed by atoms with Gasteiger partial charge in [0.15, 0.2) is 31.6 Å². The van der Waals surface area contributed by atoms with Crippen molar-refractivity contribution >= 4 is 42.8 Å². The number of ketones is 1. The zero-order chi connectivity index (χ0) is 22.0. The Morgan fingerprint density at radius 1 is 1.34 bits per heavy atom. The van der Waals surface area contributed by atoms with E-state index in [1.807, 2.05) is 6.92 Å². The Bertz CT molecular complexity index is 979. The predicted molar refractivity (Wildman–Crippen MR) is 110 cm³/mol. The van der Waals surface area contributed by atoms with E-state index in [9.17, 15) is 26.4 Å². The number of nitrogens with one attached hydrogen (secondary N) is 1. The molecule has 0 aliphatic carbocycles. The number of fused-ring (bicyclic) bond motifs is 1. The maximum Gasteiger partial charge on any atom is 0.306 e. The number of carbonyl (C=O) groups excluding carboxylic acids is 2. The normalized spacial score (nSPS) is 21.9. The lowest BCUT2D eigenvalue weighted by atomic mass is 10.1. The van der Waals surface area contributed by atoms with Gasteiger partial charge in [0.2, 0.25) is 0 Å². The van der Waals surface area contributed by atoms with Crippen molar-refractivity contribution < 1.29 is 31.2 Å². The Morgan fingerprint density at radius 3 is 2.59 bits per heavy atom. The molecule has 0 unspecified atom stereocenters. The number of sulfone groups is 2. The van der Waals surface area contributed by atoms with Gasteiger partial charge in [-0.05, 0) is 44.9 Å². The van der Waals surface area contributed by atoms with Gasteiger partial charge >= 0.3 is 5.97 Å². The Kier molecular flexibility index (Phi) is 7.63. The monoisotopic (exact) mass is 465 g/mol. The summed E-state index contributed by atoms with van der Waals surface area (Å²) in [5.41, 5.74) is 0.434. The molecular formula is C18H27NO7S3. The Labute approximate surface area is 175 Å². The van der Waals surface area contributed by atoms with Crippen LogP contribution in [0.1, 0.15) is 58.6 Å². The van der Waals surface area contributed by atoms with Crippen LogP contribution in [0, 0.1) is 0 Å². The van der Waals surface area contributed by atoms with Crippen molar-refractivity contribution in [2.45, 2.75) is 72.8 Å². The van der Waals surface area contributed by atoms with Crippen molar-refractivity contribution in [3.05, 3.63) is 11.6 Å². The van der Waals surface area contributed by atoms with Gasteiger partial charge in [-0.1, -0.05) is 13.8 Å². The number of ether oxygens (including phenoxy) is 1. The summed E-state index contributed by atoms with van der Waals surface area (Å²) >= 11 is 0.682. The molecule has 8 nitrogen and oxygen atoms in total. The number of hydrogen-bond donors (Lipinski definition) is 1. The van der Waals surface area contributed by atoms with Gasteiger partial charge < -0.3 is 10.1 Å². The second-order valence-electron chi connectivity index (χ2n) is 7.12. The van der Waals surface area contributed by atoms with E-state index in [0.717, 1.165) is 0 Å². The minimum absolute atomic E-state index is 0.0376. The SMILES string of the molecule is CCCC(=O)O[C@@H](C)C(=O)CS(=O)(=O)c1cc2c(s1)S(=O)(=O)[C@@H](C)C[C@@H]2NCC. The van der Waals surface area contributed by atoms with E-state index in [2.05, 4.69) is 5.32 Å². The molecular weight excluding hydrogens is 438 g/mol. The quantitative estimate of drug-likeness (QED) is 0.550. The summed E-state index contributed by atoms with van der Waals surface area (Å²) < 4.78 is 55.7. The van der Waals surface area contributed by atoms with Gasteiger partial charge in [0.25, 0.3) is 0 Å². The van der Waals surface area contributed by atoms with Crippen LogP contribution in [0.3, 0.4) is 0 Å². The third-order valence-corrected chi connectivity index (χ3v) is 10.8. The van der Waals surface area contributed by atoms with Crippen LogP contribution in [0.2, 0.25) is 0 Å². The van der Waals surface area contributed by atoms with Crippen LogP contribution in [0.15, 0.2) is 14.5 Å². The first kappa shape index (κ1) is 24.0. The number of thiophene rings is 1. The number of Topliss-reactive ketones (excluding diaryl/α,β-unsaturated/α-hetero) is 1. The van der Waals surface area contributed by atoms with Gasteiger partial charge in [0.1, 0.15) is 14.2 Å². The molecule has 0 radical (unpaired) electrons. The van der Waals surface area contributed by atoms with Crippen molar-refractivity contribution in [3.63, 3.8) is 0 Å². The third-order valence-electron chi connectivity index (χ3n) is 4.74. The summed E-state index contributed by atoms with van der Waals surface area (Å²) in [6.45, 7) is 7.21. The highest BCUT2D eigenvalue weighted by molar-refractivity contribution is 7.96. The number of carbonyl (C=O) groups is 2. The molecule has 29 heavy (non-hydrogen) atoms. The second kappa shape index (κ2) is 9.23. The van der Waals surface area contributed by atoms with Gasteiger partial charge in [-0.2, -0.15) is 0 Å². The molecule has 1 aromatic rings. The highest BCUT2D eigenvalue weighted by atomic mass is 32.3. The highest BCUT2D eigenvalue weighted by Crippen LogP contribution is 2.43. The number of hydrogen-bond acceptors (Lipinski definition) is 9. The predicted octanol–water partition coefficient (Wildman–Crippen LogP) is 2.04. The van der Waals surface area contributed by atoms with E-state index >= 15 is 0 Å². The fourth-order valence-corrected chi connectivity index (χ4v) is 8.50. The third kappa shape index (κ3) is 5.25. The minimum atomic E-state index is -4.07.